The number of nitrogens with zero attached hydrogens (tertiary/aromatic N) is 3. The van der Waals surface area contributed by atoms with Crippen LogP contribution in [0.1, 0.15) is 127 Å². The van der Waals surface area contributed by atoms with E-state index in [-0.39, 0.29) is 43.2 Å². The van der Waals surface area contributed by atoms with Crippen LogP contribution in [0.3, 0.4) is 0 Å². The predicted octanol–water partition coefficient (Wildman–Crippen LogP) is 10.3. The molecule has 0 saturated carbocycles. The lowest BCUT2D eigenvalue weighted by Gasteiger charge is -2.55. The van der Waals surface area contributed by atoms with Gasteiger partial charge in [0, 0.05) is 38.9 Å². The number of urea groups is 1. The van der Waals surface area contributed by atoms with Crippen molar-refractivity contribution < 1.29 is 23.9 Å². The fourth-order valence-electron chi connectivity index (χ4n) is 8.80. The number of piperazine rings is 1. The molecule has 4 amide bonds. The molecule has 2 saturated heterocycles. The SMILES string of the molecule is CCCCCCCCCCCCCCCC(=O)Oc1ccc(C[C@H]2C(=O)N(Cc3cccc4ccccc34)[C@@H](C)[C@@H]3N(C(=O)NCc4ccccc4)CCC(=O)N32)cc1. The van der Waals surface area contributed by atoms with E-state index >= 15 is 0 Å². The van der Waals surface area contributed by atoms with Crippen molar-refractivity contribution in [1.82, 2.24) is 20.0 Å². The van der Waals surface area contributed by atoms with E-state index in [1.165, 1.54) is 64.2 Å². The van der Waals surface area contributed by atoms with Crippen LogP contribution in [0, 0.1) is 0 Å². The van der Waals surface area contributed by atoms with Crippen molar-refractivity contribution in [3.05, 3.63) is 114 Å². The number of hydrogen-bond donors (Lipinski definition) is 1. The van der Waals surface area contributed by atoms with Gasteiger partial charge in [-0.3, -0.25) is 14.4 Å². The first-order valence-electron chi connectivity index (χ1n) is 22.3. The van der Waals surface area contributed by atoms with Gasteiger partial charge < -0.3 is 24.8 Å². The molecule has 3 atom stereocenters. The first-order chi connectivity index (χ1) is 28.8. The molecule has 2 fully saturated rings. The van der Waals surface area contributed by atoms with E-state index < -0.39 is 18.2 Å². The Morgan fingerprint density at radius 1 is 0.712 bits per heavy atom. The number of benzene rings is 4. The Balaban J connectivity index is 1.08. The van der Waals surface area contributed by atoms with Crippen LogP contribution in [0.5, 0.6) is 5.75 Å². The van der Waals surface area contributed by atoms with Crippen molar-refractivity contribution in [1.29, 1.82) is 0 Å². The van der Waals surface area contributed by atoms with E-state index in [4.69, 9.17) is 4.74 Å². The summed E-state index contributed by atoms with van der Waals surface area (Å²) in [5.41, 5.74) is 2.81. The highest BCUT2D eigenvalue weighted by Gasteiger charge is 2.52. The summed E-state index contributed by atoms with van der Waals surface area (Å²) in [7, 11) is 0. The molecule has 0 radical (unpaired) electrons. The number of hydrogen-bond acceptors (Lipinski definition) is 5. The second-order valence-corrected chi connectivity index (χ2v) is 16.5. The molecule has 4 aromatic rings. The summed E-state index contributed by atoms with van der Waals surface area (Å²) in [6.45, 7) is 5.14. The number of esters is 1. The molecule has 9 nitrogen and oxygen atoms in total. The van der Waals surface area contributed by atoms with E-state index in [0.29, 0.717) is 25.3 Å². The molecule has 6 rings (SSSR count). The largest absolute Gasteiger partial charge is 0.427 e. The van der Waals surface area contributed by atoms with Gasteiger partial charge in [-0.05, 0) is 52.9 Å². The Morgan fingerprint density at radius 2 is 1.34 bits per heavy atom. The number of ether oxygens (including phenoxy) is 1. The summed E-state index contributed by atoms with van der Waals surface area (Å²) in [5, 5.41) is 5.21. The lowest BCUT2D eigenvalue weighted by molar-refractivity contribution is -0.173. The van der Waals surface area contributed by atoms with Crippen LogP contribution in [0.4, 0.5) is 4.79 Å². The van der Waals surface area contributed by atoms with Crippen LogP contribution < -0.4 is 10.1 Å². The average Bonchev–Trinajstić information content (AvgIpc) is 3.25. The van der Waals surface area contributed by atoms with Gasteiger partial charge in [0.25, 0.3) is 0 Å². The van der Waals surface area contributed by atoms with Gasteiger partial charge in [0.1, 0.15) is 18.0 Å². The zero-order valence-electron chi connectivity index (χ0n) is 35.3. The number of amides is 4. The second kappa shape index (κ2) is 22.3. The lowest BCUT2D eigenvalue weighted by atomic mass is 9.93. The Bertz CT molecular complexity index is 1960. The number of rotatable bonds is 21. The van der Waals surface area contributed by atoms with E-state index in [1.807, 2.05) is 78.6 Å². The van der Waals surface area contributed by atoms with Crippen molar-refractivity contribution in [3.8, 4) is 5.75 Å². The zero-order valence-corrected chi connectivity index (χ0v) is 35.3. The summed E-state index contributed by atoms with van der Waals surface area (Å²) in [6, 6.07) is 29.6. The van der Waals surface area contributed by atoms with Crippen molar-refractivity contribution in [2.75, 3.05) is 6.54 Å². The molecule has 9 heteroatoms. The van der Waals surface area contributed by atoms with Crippen molar-refractivity contribution >= 4 is 34.6 Å². The molecule has 0 aromatic heterocycles. The van der Waals surface area contributed by atoms with Crippen LogP contribution in [-0.2, 0) is 33.9 Å². The first kappa shape index (κ1) is 43.4. The van der Waals surface area contributed by atoms with Crippen molar-refractivity contribution in [3.63, 3.8) is 0 Å². The van der Waals surface area contributed by atoms with Gasteiger partial charge in [-0.15, -0.1) is 0 Å². The molecule has 314 valence electrons. The van der Waals surface area contributed by atoms with Gasteiger partial charge in [0.2, 0.25) is 11.8 Å². The summed E-state index contributed by atoms with van der Waals surface area (Å²) in [5.74, 6) is -0.0812. The van der Waals surface area contributed by atoms with E-state index in [0.717, 1.165) is 46.7 Å². The Morgan fingerprint density at radius 3 is 2.03 bits per heavy atom. The highest BCUT2D eigenvalue weighted by atomic mass is 16.5. The highest BCUT2D eigenvalue weighted by molar-refractivity contribution is 5.92. The highest BCUT2D eigenvalue weighted by Crippen LogP contribution is 2.34. The molecule has 0 bridgehead atoms. The van der Waals surface area contributed by atoms with Crippen LogP contribution in [0.15, 0.2) is 97.1 Å². The van der Waals surface area contributed by atoms with Crippen molar-refractivity contribution in [2.24, 2.45) is 0 Å². The van der Waals surface area contributed by atoms with Gasteiger partial charge in [-0.25, -0.2) is 4.79 Å². The Labute approximate surface area is 351 Å². The molecule has 0 spiro atoms. The van der Waals surface area contributed by atoms with Crippen LogP contribution in [0.2, 0.25) is 0 Å². The number of carbonyl (C=O) groups is 4. The molecule has 2 heterocycles. The number of fused-ring (bicyclic) bond motifs is 2. The summed E-state index contributed by atoms with van der Waals surface area (Å²) >= 11 is 0. The summed E-state index contributed by atoms with van der Waals surface area (Å²) in [4.78, 5) is 60.4. The molecule has 2 aliphatic heterocycles. The molecule has 0 aliphatic carbocycles. The Kier molecular flexibility index (Phi) is 16.4. The molecule has 4 aromatic carbocycles. The van der Waals surface area contributed by atoms with Crippen molar-refractivity contribution in [2.45, 2.75) is 148 Å². The third kappa shape index (κ3) is 12.0. The first-order valence-corrected chi connectivity index (χ1v) is 22.3. The molecular weight excluding hydrogens is 737 g/mol. The third-order valence-electron chi connectivity index (χ3n) is 12.1. The maximum Gasteiger partial charge on any atom is 0.319 e. The monoisotopic (exact) mass is 800 g/mol. The topological polar surface area (TPSA) is 99.3 Å². The fraction of sp³-hybridized carbons (Fsp3) is 0.480. The Hall–Kier alpha value is -5.18. The van der Waals surface area contributed by atoms with Crippen LogP contribution >= 0.6 is 0 Å². The minimum atomic E-state index is -0.827. The summed E-state index contributed by atoms with van der Waals surface area (Å²) < 4.78 is 5.69. The molecule has 0 unspecified atom stereocenters. The van der Waals surface area contributed by atoms with Gasteiger partial charge in [-0.2, -0.15) is 0 Å². The minimum absolute atomic E-state index is 0.128. The maximum atomic E-state index is 14.7. The zero-order chi connectivity index (χ0) is 41.4. The van der Waals surface area contributed by atoms with E-state index in [1.54, 1.807) is 21.9 Å². The number of unbranched alkanes of at least 4 members (excludes halogenated alkanes) is 12. The molecular formula is C50H64N4O5. The number of nitrogens with one attached hydrogen (secondary N) is 1. The van der Waals surface area contributed by atoms with Gasteiger partial charge in [0.05, 0.1) is 6.04 Å². The average molecular weight is 801 g/mol. The molecule has 1 N–H and O–H groups in total. The van der Waals surface area contributed by atoms with Gasteiger partial charge in [0.15, 0.2) is 0 Å². The fourth-order valence-corrected chi connectivity index (χ4v) is 8.80. The predicted molar refractivity (Wildman–Crippen MR) is 234 cm³/mol. The minimum Gasteiger partial charge on any atom is -0.427 e. The number of carbonyl (C=O) groups excluding carboxylic acids is 4. The molecule has 59 heavy (non-hydrogen) atoms. The second-order valence-electron chi connectivity index (χ2n) is 16.5. The molecule has 2 aliphatic rings. The smallest absolute Gasteiger partial charge is 0.319 e. The maximum absolute atomic E-state index is 14.7. The van der Waals surface area contributed by atoms with E-state index in [9.17, 15) is 19.2 Å². The van der Waals surface area contributed by atoms with Gasteiger partial charge >= 0.3 is 12.0 Å². The normalized spacial score (nSPS) is 17.9. The van der Waals surface area contributed by atoms with E-state index in [2.05, 4.69) is 30.4 Å². The quantitative estimate of drug-likeness (QED) is 0.0514. The standard InChI is InChI=1S/C50H64N4O5/c1-3-4-5-6-7-8-9-10-11-12-13-14-18-28-47(56)59-43-31-29-39(30-32-43)35-45-49(57)53(37-42-26-21-25-41-24-19-20-27-44(41)42)38(2)48-52(34-33-46(55)54(45)48)50(58)51-36-40-22-16-15-17-23-40/h15-17,19-27,29-32,38,45,48H,3-14,18,28,33-37H2,1-2H3,(H,51,58)/t38-,45-,48+/m0/s1. The van der Waals surface area contributed by atoms with Crippen LogP contribution in [0.25, 0.3) is 10.8 Å². The van der Waals surface area contributed by atoms with Crippen LogP contribution in [-0.4, -0.2) is 63.3 Å². The summed E-state index contributed by atoms with van der Waals surface area (Å²) in [6.07, 6.45) is 16.4. The lowest BCUT2D eigenvalue weighted by Crippen LogP contribution is -2.75. The third-order valence-corrected chi connectivity index (χ3v) is 12.1. The van der Waals surface area contributed by atoms with Gasteiger partial charge in [-0.1, -0.05) is 169 Å².